The van der Waals surface area contributed by atoms with Crippen LogP contribution in [0.25, 0.3) is 22.3 Å². The molecule has 0 atom stereocenters. The molecule has 4 aromatic rings. The Morgan fingerprint density at radius 2 is 1.26 bits per heavy atom. The number of hydrogen-bond donors (Lipinski definition) is 1. The fourth-order valence-electron chi connectivity index (χ4n) is 3.69. The Bertz CT molecular complexity index is 1510. The molecule has 0 aliphatic carbocycles. The molecule has 10 heteroatoms. The van der Waals surface area contributed by atoms with Crippen molar-refractivity contribution < 1.29 is 19.3 Å². The molecule has 0 radical (unpaired) electrons. The van der Waals surface area contributed by atoms with Crippen LogP contribution < -0.4 is 15.2 Å². The maximum Gasteiger partial charge on any atom is 0.270 e. The molecule has 4 rings (SSSR count). The van der Waals surface area contributed by atoms with Crippen LogP contribution in [0.4, 0.5) is 11.4 Å². The van der Waals surface area contributed by atoms with E-state index >= 15 is 0 Å². The van der Waals surface area contributed by atoms with Crippen LogP contribution >= 0.6 is 0 Å². The van der Waals surface area contributed by atoms with Crippen LogP contribution in [0, 0.1) is 31.6 Å². The summed E-state index contributed by atoms with van der Waals surface area (Å²) < 4.78 is 10.5. The normalized spacial score (nSPS) is 9.95. The van der Waals surface area contributed by atoms with Crippen LogP contribution in [-0.2, 0) is 6.54 Å². The van der Waals surface area contributed by atoms with Crippen molar-refractivity contribution in [1.82, 2.24) is 0 Å². The molecule has 0 aromatic heterocycles. The largest absolute Gasteiger partial charge is 0.496 e. The first-order valence-electron chi connectivity index (χ1n) is 11.3. The second-order valence-electron chi connectivity index (χ2n) is 7.88. The SMILES string of the molecule is COc1ccc([N+](=O)[O-])cc1-c1cccc(C#N)c1.COc1ccc([N+](=O)[O-])cc1-c1cccc(CN)c1. The molecule has 192 valence electrons. The molecule has 0 spiro atoms. The van der Waals surface area contributed by atoms with E-state index in [-0.39, 0.29) is 11.4 Å². The van der Waals surface area contributed by atoms with Gasteiger partial charge in [0.05, 0.1) is 35.7 Å². The van der Waals surface area contributed by atoms with Gasteiger partial charge in [-0.15, -0.1) is 0 Å². The van der Waals surface area contributed by atoms with Crippen LogP contribution in [0.2, 0.25) is 0 Å². The lowest BCUT2D eigenvalue weighted by atomic mass is 10.0. The van der Waals surface area contributed by atoms with Crippen LogP contribution in [0.3, 0.4) is 0 Å². The van der Waals surface area contributed by atoms with Crippen molar-refractivity contribution in [1.29, 1.82) is 5.26 Å². The zero-order chi connectivity index (χ0) is 27.7. The van der Waals surface area contributed by atoms with Gasteiger partial charge in [0.1, 0.15) is 11.5 Å². The van der Waals surface area contributed by atoms with Gasteiger partial charge in [-0.25, -0.2) is 0 Å². The van der Waals surface area contributed by atoms with E-state index in [0.717, 1.165) is 11.1 Å². The zero-order valence-electron chi connectivity index (χ0n) is 20.7. The van der Waals surface area contributed by atoms with E-state index < -0.39 is 9.85 Å². The zero-order valence-corrected chi connectivity index (χ0v) is 20.7. The van der Waals surface area contributed by atoms with Gasteiger partial charge in [0, 0.05) is 41.9 Å². The molecule has 10 nitrogen and oxygen atoms in total. The first-order chi connectivity index (χ1) is 18.3. The van der Waals surface area contributed by atoms with Gasteiger partial charge in [-0.2, -0.15) is 5.26 Å². The van der Waals surface area contributed by atoms with Gasteiger partial charge in [0.25, 0.3) is 11.4 Å². The summed E-state index contributed by atoms with van der Waals surface area (Å²) in [5, 5.41) is 30.6. The van der Waals surface area contributed by atoms with Crippen molar-refractivity contribution in [3.05, 3.63) is 116 Å². The third-order valence-electron chi connectivity index (χ3n) is 5.56. The molecule has 0 unspecified atom stereocenters. The van der Waals surface area contributed by atoms with Crippen molar-refractivity contribution in [3.8, 4) is 39.8 Å². The second kappa shape index (κ2) is 12.6. The standard InChI is InChI=1S/C14H14N2O3.C14H10N2O3/c2*1-19-14-6-5-12(16(17)18)8-13(14)11-4-2-3-10(7-11)9-15/h2-8H,9,15H2,1H3;2-8H,1H3. The van der Waals surface area contributed by atoms with Crippen molar-refractivity contribution in [2.45, 2.75) is 6.54 Å². The lowest BCUT2D eigenvalue weighted by molar-refractivity contribution is -0.385. The number of methoxy groups -OCH3 is 2. The van der Waals surface area contributed by atoms with Gasteiger partial charge in [0.15, 0.2) is 0 Å². The lowest BCUT2D eigenvalue weighted by Gasteiger charge is -2.09. The highest BCUT2D eigenvalue weighted by Crippen LogP contribution is 2.34. The van der Waals surface area contributed by atoms with Gasteiger partial charge in [0.2, 0.25) is 0 Å². The molecular weight excluding hydrogens is 488 g/mol. The maximum absolute atomic E-state index is 10.9. The van der Waals surface area contributed by atoms with Crippen LogP contribution in [0.1, 0.15) is 11.1 Å². The Morgan fingerprint density at radius 1 is 0.763 bits per heavy atom. The van der Waals surface area contributed by atoms with Crippen molar-refractivity contribution in [3.63, 3.8) is 0 Å². The number of hydrogen-bond acceptors (Lipinski definition) is 8. The summed E-state index contributed by atoms with van der Waals surface area (Å²) in [5.41, 5.74) is 9.92. The molecule has 2 N–H and O–H groups in total. The fourth-order valence-corrected chi connectivity index (χ4v) is 3.69. The highest BCUT2D eigenvalue weighted by Gasteiger charge is 2.14. The number of nitrogens with two attached hydrogens (primary N) is 1. The average molecular weight is 513 g/mol. The number of nitriles is 1. The minimum atomic E-state index is -0.461. The van der Waals surface area contributed by atoms with Gasteiger partial charge >= 0.3 is 0 Å². The summed E-state index contributed by atoms with van der Waals surface area (Å²) in [7, 11) is 3.04. The van der Waals surface area contributed by atoms with Crippen molar-refractivity contribution in [2.75, 3.05) is 14.2 Å². The molecular formula is C28H24N4O6. The molecule has 0 amide bonds. The summed E-state index contributed by atoms with van der Waals surface area (Å²) in [6.45, 7) is 0.422. The molecule has 4 aromatic carbocycles. The highest BCUT2D eigenvalue weighted by atomic mass is 16.6. The first kappa shape index (κ1) is 27.3. The molecule has 0 heterocycles. The van der Waals surface area contributed by atoms with E-state index in [9.17, 15) is 20.2 Å². The third kappa shape index (κ3) is 6.48. The number of nitro groups is 2. The topological polar surface area (TPSA) is 155 Å². The van der Waals surface area contributed by atoms with Crippen molar-refractivity contribution in [2.24, 2.45) is 5.73 Å². The number of nitro benzene ring substituents is 2. The Kier molecular flexibility index (Phi) is 9.07. The highest BCUT2D eigenvalue weighted by molar-refractivity contribution is 5.74. The third-order valence-corrected chi connectivity index (χ3v) is 5.56. The molecule has 0 fully saturated rings. The predicted molar refractivity (Wildman–Crippen MR) is 143 cm³/mol. The number of ether oxygens (including phenoxy) is 2. The van der Waals surface area contributed by atoms with E-state index in [2.05, 4.69) is 0 Å². The summed E-state index contributed by atoms with van der Waals surface area (Å²) in [4.78, 5) is 20.8. The first-order valence-corrected chi connectivity index (χ1v) is 11.3. The van der Waals surface area contributed by atoms with Gasteiger partial charge in [-0.3, -0.25) is 20.2 Å². The predicted octanol–water partition coefficient (Wildman–Crippen LogP) is 5.87. The van der Waals surface area contributed by atoms with E-state index in [4.69, 9.17) is 20.5 Å². The van der Waals surface area contributed by atoms with E-state index in [1.807, 2.05) is 30.3 Å². The Morgan fingerprint density at radius 3 is 1.71 bits per heavy atom. The summed E-state index contributed by atoms with van der Waals surface area (Å²) in [6.07, 6.45) is 0. The monoisotopic (exact) mass is 512 g/mol. The number of nitrogens with zero attached hydrogens (tertiary/aromatic N) is 3. The summed E-state index contributed by atoms with van der Waals surface area (Å²) >= 11 is 0. The minimum absolute atomic E-state index is 0.0156. The van der Waals surface area contributed by atoms with Crippen LogP contribution in [-0.4, -0.2) is 24.1 Å². The quantitative estimate of drug-likeness (QED) is 0.238. The summed E-state index contributed by atoms with van der Waals surface area (Å²) in [5.74, 6) is 1.13. The van der Waals surface area contributed by atoms with Gasteiger partial charge < -0.3 is 15.2 Å². The summed E-state index contributed by atoms with van der Waals surface area (Å²) in [6, 6.07) is 25.4. The van der Waals surface area contributed by atoms with Crippen LogP contribution in [0.5, 0.6) is 11.5 Å². The van der Waals surface area contributed by atoms with E-state index in [0.29, 0.717) is 40.3 Å². The molecule has 0 saturated carbocycles. The molecule has 0 bridgehead atoms. The van der Waals surface area contributed by atoms with E-state index in [1.165, 1.54) is 38.5 Å². The number of non-ortho nitro benzene ring substituents is 2. The van der Waals surface area contributed by atoms with Gasteiger partial charge in [-0.05, 0) is 47.0 Å². The molecule has 38 heavy (non-hydrogen) atoms. The maximum atomic E-state index is 10.9. The molecule has 0 aliphatic heterocycles. The Balaban J connectivity index is 0.000000211. The van der Waals surface area contributed by atoms with Crippen molar-refractivity contribution >= 4 is 11.4 Å². The fraction of sp³-hybridized carbons (Fsp3) is 0.107. The Labute approximate surface area is 218 Å². The minimum Gasteiger partial charge on any atom is -0.496 e. The average Bonchev–Trinajstić information content (AvgIpc) is 2.96. The van der Waals surface area contributed by atoms with Crippen LogP contribution in [0.15, 0.2) is 84.9 Å². The number of benzene rings is 4. The second-order valence-corrected chi connectivity index (χ2v) is 7.88. The number of rotatable bonds is 7. The van der Waals surface area contributed by atoms with Gasteiger partial charge in [-0.1, -0.05) is 30.3 Å². The smallest absolute Gasteiger partial charge is 0.270 e. The molecule has 0 saturated heterocycles. The molecule has 0 aliphatic rings. The lowest BCUT2D eigenvalue weighted by Crippen LogP contribution is -1.97. The Hall–Kier alpha value is -5.27. The van der Waals surface area contributed by atoms with E-state index in [1.54, 1.807) is 36.4 Å².